The van der Waals surface area contributed by atoms with Gasteiger partial charge < -0.3 is 10.4 Å². The number of anilines is 1. The first-order valence-corrected chi connectivity index (χ1v) is 6.57. The quantitative estimate of drug-likeness (QED) is 0.901. The van der Waals surface area contributed by atoms with E-state index >= 15 is 0 Å². The van der Waals surface area contributed by atoms with E-state index in [1.165, 1.54) is 0 Å². The van der Waals surface area contributed by atoms with Gasteiger partial charge in [0.15, 0.2) is 0 Å². The van der Waals surface area contributed by atoms with Gasteiger partial charge in [-0.05, 0) is 46.6 Å². The SMILES string of the molecule is CC(Nc1cccc(Br)c1C(=O)O)c1cccnc1. The van der Waals surface area contributed by atoms with E-state index in [0.29, 0.717) is 10.2 Å². The van der Waals surface area contributed by atoms with Crippen molar-refractivity contribution < 1.29 is 9.90 Å². The molecule has 1 atom stereocenters. The summed E-state index contributed by atoms with van der Waals surface area (Å²) in [6.07, 6.45) is 3.47. The molecule has 0 spiro atoms. The predicted molar refractivity (Wildman–Crippen MR) is 77.4 cm³/mol. The third kappa shape index (κ3) is 3.12. The molecule has 4 nitrogen and oxygen atoms in total. The number of carbonyl (C=O) groups is 1. The molecule has 1 aromatic carbocycles. The van der Waals surface area contributed by atoms with Crippen LogP contribution in [0.1, 0.15) is 28.9 Å². The smallest absolute Gasteiger partial charge is 0.338 e. The van der Waals surface area contributed by atoms with Crippen LogP contribution in [0.15, 0.2) is 47.2 Å². The Balaban J connectivity index is 2.29. The molecule has 0 saturated heterocycles. The summed E-state index contributed by atoms with van der Waals surface area (Å²) in [5.41, 5.74) is 1.82. The van der Waals surface area contributed by atoms with Crippen LogP contribution in [0.5, 0.6) is 0 Å². The highest BCUT2D eigenvalue weighted by atomic mass is 79.9. The van der Waals surface area contributed by atoms with E-state index in [4.69, 9.17) is 0 Å². The molecule has 0 aliphatic heterocycles. The molecule has 0 radical (unpaired) electrons. The van der Waals surface area contributed by atoms with Crippen molar-refractivity contribution in [2.45, 2.75) is 13.0 Å². The number of aromatic carboxylic acids is 1. The normalized spacial score (nSPS) is 11.9. The molecule has 2 rings (SSSR count). The molecular formula is C14H13BrN2O2. The van der Waals surface area contributed by atoms with Crippen LogP contribution in [-0.2, 0) is 0 Å². The summed E-state index contributed by atoms with van der Waals surface area (Å²) in [5, 5.41) is 12.4. The van der Waals surface area contributed by atoms with E-state index in [1.807, 2.05) is 19.1 Å². The lowest BCUT2D eigenvalue weighted by Gasteiger charge is -2.17. The van der Waals surface area contributed by atoms with Gasteiger partial charge in [-0.2, -0.15) is 0 Å². The summed E-state index contributed by atoms with van der Waals surface area (Å²) in [4.78, 5) is 15.3. The maximum Gasteiger partial charge on any atom is 0.338 e. The molecule has 1 unspecified atom stereocenters. The molecule has 1 aromatic heterocycles. The zero-order chi connectivity index (χ0) is 13.8. The average molecular weight is 321 g/mol. The van der Waals surface area contributed by atoms with E-state index in [0.717, 1.165) is 5.56 Å². The maximum atomic E-state index is 11.3. The Hall–Kier alpha value is -1.88. The maximum absolute atomic E-state index is 11.3. The number of hydrogen-bond acceptors (Lipinski definition) is 3. The van der Waals surface area contributed by atoms with Crippen LogP contribution >= 0.6 is 15.9 Å². The van der Waals surface area contributed by atoms with Crippen LogP contribution in [0.3, 0.4) is 0 Å². The minimum atomic E-state index is -0.964. The highest BCUT2D eigenvalue weighted by Gasteiger charge is 2.15. The Bertz CT molecular complexity index is 587. The van der Waals surface area contributed by atoms with Crippen LogP contribution < -0.4 is 5.32 Å². The highest BCUT2D eigenvalue weighted by Crippen LogP contribution is 2.27. The summed E-state index contributed by atoms with van der Waals surface area (Å²) in [6.45, 7) is 1.96. The van der Waals surface area contributed by atoms with Crippen molar-refractivity contribution in [1.82, 2.24) is 4.98 Å². The molecule has 98 valence electrons. The molecule has 0 fully saturated rings. The predicted octanol–water partition coefficient (Wildman–Crippen LogP) is 3.72. The molecule has 2 N–H and O–H groups in total. The van der Waals surface area contributed by atoms with E-state index in [-0.39, 0.29) is 11.6 Å². The highest BCUT2D eigenvalue weighted by molar-refractivity contribution is 9.10. The number of nitrogens with one attached hydrogen (secondary N) is 1. The summed E-state index contributed by atoms with van der Waals surface area (Å²) in [7, 11) is 0. The molecule has 1 heterocycles. The summed E-state index contributed by atoms with van der Waals surface area (Å²) < 4.78 is 0.559. The van der Waals surface area contributed by atoms with Gasteiger partial charge in [0.1, 0.15) is 0 Å². The van der Waals surface area contributed by atoms with E-state index in [1.54, 1.807) is 30.6 Å². The summed E-state index contributed by atoms with van der Waals surface area (Å²) >= 11 is 3.26. The number of halogens is 1. The number of aromatic nitrogens is 1. The molecule has 5 heteroatoms. The van der Waals surface area contributed by atoms with Crippen molar-refractivity contribution in [2.75, 3.05) is 5.32 Å². The molecule has 2 aromatic rings. The summed E-state index contributed by atoms with van der Waals surface area (Å²) in [6, 6.07) is 9.04. The second kappa shape index (κ2) is 5.84. The number of rotatable bonds is 4. The van der Waals surface area contributed by atoms with Gasteiger partial charge in [0, 0.05) is 16.9 Å². The molecular weight excluding hydrogens is 308 g/mol. The van der Waals surface area contributed by atoms with Crippen LogP contribution in [0.25, 0.3) is 0 Å². The molecule has 0 saturated carbocycles. The van der Waals surface area contributed by atoms with E-state index < -0.39 is 5.97 Å². The third-order valence-corrected chi connectivity index (χ3v) is 3.44. The van der Waals surface area contributed by atoms with Gasteiger partial charge in [-0.1, -0.05) is 12.1 Å². The lowest BCUT2D eigenvalue weighted by Crippen LogP contribution is -2.11. The monoisotopic (exact) mass is 320 g/mol. The first-order valence-electron chi connectivity index (χ1n) is 5.78. The van der Waals surface area contributed by atoms with Crippen molar-refractivity contribution in [3.05, 3.63) is 58.3 Å². The van der Waals surface area contributed by atoms with Gasteiger partial charge in [0.05, 0.1) is 17.3 Å². The van der Waals surface area contributed by atoms with Crippen LogP contribution in [-0.4, -0.2) is 16.1 Å². The second-order valence-electron chi connectivity index (χ2n) is 4.12. The van der Waals surface area contributed by atoms with Crippen molar-refractivity contribution in [3.63, 3.8) is 0 Å². The van der Waals surface area contributed by atoms with Crippen molar-refractivity contribution >= 4 is 27.6 Å². The molecule has 0 aliphatic rings. The fourth-order valence-electron chi connectivity index (χ4n) is 1.81. The first-order chi connectivity index (χ1) is 9.09. The van der Waals surface area contributed by atoms with Gasteiger partial charge in [0.25, 0.3) is 0 Å². The fourth-order valence-corrected chi connectivity index (χ4v) is 2.35. The largest absolute Gasteiger partial charge is 0.478 e. The Morgan fingerprint density at radius 2 is 2.16 bits per heavy atom. The fraction of sp³-hybridized carbons (Fsp3) is 0.143. The zero-order valence-corrected chi connectivity index (χ0v) is 11.9. The Morgan fingerprint density at radius 1 is 1.37 bits per heavy atom. The van der Waals surface area contributed by atoms with Gasteiger partial charge in [-0.3, -0.25) is 4.98 Å². The topological polar surface area (TPSA) is 62.2 Å². The number of nitrogens with zero attached hydrogens (tertiary/aromatic N) is 1. The van der Waals surface area contributed by atoms with Crippen LogP contribution in [0.4, 0.5) is 5.69 Å². The Morgan fingerprint density at radius 3 is 2.79 bits per heavy atom. The Labute approximate surface area is 119 Å². The number of pyridine rings is 1. The standard InChI is InChI=1S/C14H13BrN2O2/c1-9(10-4-3-7-16-8-10)17-12-6-2-5-11(15)13(12)14(18)19/h2-9,17H,1H3,(H,18,19). The lowest BCUT2D eigenvalue weighted by molar-refractivity contribution is 0.0697. The van der Waals surface area contributed by atoms with Crippen molar-refractivity contribution in [2.24, 2.45) is 0 Å². The minimum Gasteiger partial charge on any atom is -0.478 e. The Kier molecular flexibility index (Phi) is 4.16. The molecule has 0 aliphatic carbocycles. The van der Waals surface area contributed by atoms with Gasteiger partial charge in [-0.25, -0.2) is 4.79 Å². The van der Waals surface area contributed by atoms with Gasteiger partial charge in [0.2, 0.25) is 0 Å². The third-order valence-electron chi connectivity index (χ3n) is 2.78. The van der Waals surface area contributed by atoms with Crippen molar-refractivity contribution in [3.8, 4) is 0 Å². The van der Waals surface area contributed by atoms with Crippen molar-refractivity contribution in [1.29, 1.82) is 0 Å². The van der Waals surface area contributed by atoms with Crippen LogP contribution in [0, 0.1) is 0 Å². The number of carboxylic acid groups (broad SMARTS) is 1. The molecule has 0 amide bonds. The van der Waals surface area contributed by atoms with Gasteiger partial charge >= 0.3 is 5.97 Å². The molecule has 0 bridgehead atoms. The van der Waals surface area contributed by atoms with Crippen LogP contribution in [0.2, 0.25) is 0 Å². The van der Waals surface area contributed by atoms with E-state index in [2.05, 4.69) is 26.2 Å². The molecule has 19 heavy (non-hydrogen) atoms. The second-order valence-corrected chi connectivity index (χ2v) is 4.97. The van der Waals surface area contributed by atoms with Gasteiger partial charge in [-0.15, -0.1) is 0 Å². The minimum absolute atomic E-state index is 0.0268. The number of benzene rings is 1. The average Bonchev–Trinajstić information content (AvgIpc) is 2.39. The first kappa shape index (κ1) is 13.5. The number of carboxylic acids is 1. The lowest BCUT2D eigenvalue weighted by atomic mass is 10.1. The number of hydrogen-bond donors (Lipinski definition) is 2. The zero-order valence-electron chi connectivity index (χ0n) is 10.3. The van der Waals surface area contributed by atoms with E-state index in [9.17, 15) is 9.90 Å². The summed E-state index contributed by atoms with van der Waals surface area (Å²) in [5.74, 6) is -0.964.